The van der Waals surface area contributed by atoms with Crippen LogP contribution in [0.5, 0.6) is 0 Å². The molecule has 0 bridgehead atoms. The van der Waals surface area contributed by atoms with Gasteiger partial charge in [0.2, 0.25) is 15.9 Å². The van der Waals surface area contributed by atoms with Gasteiger partial charge >= 0.3 is 0 Å². The zero-order valence-electron chi connectivity index (χ0n) is 20.6. The molecule has 4 aromatic carbocycles. The average molecular weight is 509 g/mol. The van der Waals surface area contributed by atoms with Gasteiger partial charge in [-0.1, -0.05) is 91.0 Å². The van der Waals surface area contributed by atoms with E-state index in [4.69, 9.17) is 0 Å². The summed E-state index contributed by atoms with van der Waals surface area (Å²) in [5, 5.41) is 0. The molecule has 0 aliphatic carbocycles. The lowest BCUT2D eigenvalue weighted by atomic mass is 9.90. The zero-order chi connectivity index (χ0) is 26.0. The van der Waals surface area contributed by atoms with Crippen molar-refractivity contribution in [2.24, 2.45) is 5.92 Å². The Hall–Kier alpha value is -4.00. The van der Waals surface area contributed by atoms with E-state index in [-0.39, 0.29) is 17.3 Å². The smallest absolute Gasteiger partial charge is 0.243 e. The number of amides is 1. The number of nitrogens with zero attached hydrogens (tertiary/aromatic N) is 2. The predicted octanol–water partition coefficient (Wildman–Crippen LogP) is 6.28. The van der Waals surface area contributed by atoms with Crippen molar-refractivity contribution in [2.45, 2.75) is 17.9 Å². The summed E-state index contributed by atoms with van der Waals surface area (Å²) in [6.45, 7) is 6.19. The Morgan fingerprint density at radius 2 is 1.27 bits per heavy atom. The largest absolute Gasteiger partial charge is 0.280 e. The van der Waals surface area contributed by atoms with Crippen molar-refractivity contribution in [2.75, 3.05) is 11.4 Å². The molecule has 0 unspecified atom stereocenters. The monoisotopic (exact) mass is 508 g/mol. The number of anilines is 2. The lowest BCUT2D eigenvalue weighted by molar-refractivity contribution is -0.121. The van der Waals surface area contributed by atoms with Gasteiger partial charge in [-0.25, -0.2) is 8.42 Å². The van der Waals surface area contributed by atoms with E-state index in [1.807, 2.05) is 97.9 Å². The molecule has 0 N–H and O–H groups in total. The molecule has 5 nitrogen and oxygen atoms in total. The number of sulfonamides is 1. The Morgan fingerprint density at radius 3 is 1.78 bits per heavy atom. The molecule has 1 amide bonds. The van der Waals surface area contributed by atoms with Crippen molar-refractivity contribution in [1.29, 1.82) is 0 Å². The van der Waals surface area contributed by atoms with Gasteiger partial charge in [0.05, 0.1) is 16.9 Å². The number of benzene rings is 4. The molecule has 5 rings (SSSR count). The predicted molar refractivity (Wildman–Crippen MR) is 147 cm³/mol. The number of rotatable bonds is 6. The third-order valence-electron chi connectivity index (χ3n) is 6.71. The van der Waals surface area contributed by atoms with Crippen LogP contribution in [-0.4, -0.2) is 25.2 Å². The fraction of sp³-hybridized carbons (Fsp3) is 0.129. The van der Waals surface area contributed by atoms with E-state index in [1.165, 1.54) is 4.31 Å². The van der Waals surface area contributed by atoms with Crippen LogP contribution < -0.4 is 4.90 Å². The molecule has 37 heavy (non-hydrogen) atoms. The fourth-order valence-electron chi connectivity index (χ4n) is 4.88. The minimum atomic E-state index is -3.91. The summed E-state index contributed by atoms with van der Waals surface area (Å²) in [5.74, 6) is -0.999. The molecular weight excluding hydrogens is 480 g/mol. The Kier molecular flexibility index (Phi) is 6.78. The molecule has 1 aliphatic rings. The summed E-state index contributed by atoms with van der Waals surface area (Å²) in [6.07, 6.45) is 0. The quantitative estimate of drug-likeness (QED) is 0.288. The van der Waals surface area contributed by atoms with E-state index in [2.05, 4.69) is 6.58 Å². The van der Waals surface area contributed by atoms with Gasteiger partial charge in [0, 0.05) is 17.9 Å². The second kappa shape index (κ2) is 10.2. The molecule has 6 heteroatoms. The van der Waals surface area contributed by atoms with E-state index < -0.39 is 22.0 Å². The van der Waals surface area contributed by atoms with Crippen molar-refractivity contribution in [3.63, 3.8) is 0 Å². The first-order chi connectivity index (χ1) is 17.9. The summed E-state index contributed by atoms with van der Waals surface area (Å²) in [7, 11) is -3.91. The van der Waals surface area contributed by atoms with Crippen LogP contribution in [0.25, 0.3) is 0 Å². The van der Waals surface area contributed by atoms with Crippen LogP contribution >= 0.6 is 0 Å². The molecule has 1 saturated heterocycles. The number of aryl methyl sites for hydroxylation is 1. The lowest BCUT2D eigenvalue weighted by Gasteiger charge is -2.31. The van der Waals surface area contributed by atoms with E-state index in [0.29, 0.717) is 16.9 Å². The summed E-state index contributed by atoms with van der Waals surface area (Å²) in [4.78, 5) is 16.3. The standard InChI is InChI=1S/C31H28N2O3S/c1-23-18-20-28(21-19-23)37(35,36)32-22-24(2)29(30(32)25-12-6-3-7-13-25)31(34)33(26-14-8-4-9-15-26)27-16-10-5-11-17-27/h3-21,29-30H,2,22H2,1H3/t29-,30+/m0/s1. The molecular formula is C31H28N2O3S. The Labute approximate surface area is 218 Å². The molecule has 186 valence electrons. The normalized spacial score (nSPS) is 18.0. The maximum atomic E-state index is 14.4. The van der Waals surface area contributed by atoms with E-state index in [9.17, 15) is 13.2 Å². The molecule has 1 heterocycles. The maximum Gasteiger partial charge on any atom is 0.243 e. The highest BCUT2D eigenvalue weighted by atomic mass is 32.2. The van der Waals surface area contributed by atoms with Crippen molar-refractivity contribution in [1.82, 2.24) is 4.31 Å². The molecule has 0 spiro atoms. The number of carbonyl (C=O) groups excluding carboxylic acids is 1. The summed E-state index contributed by atoms with van der Waals surface area (Å²) in [5.41, 5.74) is 3.69. The van der Waals surface area contributed by atoms with Crippen LogP contribution in [0.2, 0.25) is 0 Å². The third kappa shape index (κ3) is 4.73. The van der Waals surface area contributed by atoms with Gasteiger partial charge < -0.3 is 0 Å². The Balaban J connectivity index is 1.63. The highest BCUT2D eigenvalue weighted by Crippen LogP contribution is 2.45. The number of hydrogen-bond donors (Lipinski definition) is 0. The molecule has 0 radical (unpaired) electrons. The van der Waals surface area contributed by atoms with Crippen molar-refractivity contribution >= 4 is 27.3 Å². The molecule has 1 aliphatic heterocycles. The van der Waals surface area contributed by atoms with Crippen LogP contribution in [0.1, 0.15) is 17.2 Å². The van der Waals surface area contributed by atoms with Crippen molar-refractivity contribution in [3.05, 3.63) is 139 Å². The number of carbonyl (C=O) groups is 1. The fourth-order valence-corrected chi connectivity index (χ4v) is 6.51. The van der Waals surface area contributed by atoms with Crippen LogP contribution in [0, 0.1) is 12.8 Å². The zero-order valence-corrected chi connectivity index (χ0v) is 21.4. The van der Waals surface area contributed by atoms with Gasteiger partial charge in [0.25, 0.3) is 0 Å². The van der Waals surface area contributed by atoms with E-state index in [0.717, 1.165) is 11.1 Å². The first-order valence-corrected chi connectivity index (χ1v) is 13.6. The molecule has 0 aromatic heterocycles. The average Bonchev–Trinajstić information content (AvgIpc) is 3.28. The Bertz CT molecular complexity index is 1460. The van der Waals surface area contributed by atoms with E-state index in [1.54, 1.807) is 29.2 Å². The SMILES string of the molecule is C=C1CN(S(=O)(=O)c2ccc(C)cc2)[C@H](c2ccccc2)[C@H]1C(=O)N(c1ccccc1)c1ccccc1. The Morgan fingerprint density at radius 1 is 0.784 bits per heavy atom. The second-order valence-electron chi connectivity index (χ2n) is 9.20. The van der Waals surface area contributed by atoms with Gasteiger partial charge in [-0.2, -0.15) is 4.31 Å². The second-order valence-corrected chi connectivity index (χ2v) is 11.1. The molecule has 2 atom stereocenters. The molecule has 0 saturated carbocycles. The van der Waals surface area contributed by atoms with Crippen LogP contribution in [0.15, 0.2) is 132 Å². The third-order valence-corrected chi connectivity index (χ3v) is 8.55. The van der Waals surface area contributed by atoms with Gasteiger partial charge in [-0.05, 0) is 54.5 Å². The summed E-state index contributed by atoms with van der Waals surface area (Å²) < 4.78 is 29.2. The molecule has 1 fully saturated rings. The van der Waals surface area contributed by atoms with E-state index >= 15 is 0 Å². The first kappa shape index (κ1) is 24.7. The minimum Gasteiger partial charge on any atom is -0.280 e. The lowest BCUT2D eigenvalue weighted by Crippen LogP contribution is -2.38. The number of para-hydroxylation sites is 2. The van der Waals surface area contributed by atoms with Crippen LogP contribution in [-0.2, 0) is 14.8 Å². The van der Waals surface area contributed by atoms with Gasteiger partial charge in [0.15, 0.2) is 0 Å². The topological polar surface area (TPSA) is 57.7 Å². The maximum absolute atomic E-state index is 14.4. The van der Waals surface area contributed by atoms with Gasteiger partial charge in [-0.15, -0.1) is 0 Å². The first-order valence-electron chi connectivity index (χ1n) is 12.1. The minimum absolute atomic E-state index is 0.0591. The van der Waals surface area contributed by atoms with Gasteiger partial charge in [0.1, 0.15) is 0 Å². The van der Waals surface area contributed by atoms with Crippen LogP contribution in [0.4, 0.5) is 11.4 Å². The highest BCUT2D eigenvalue weighted by Gasteiger charge is 2.49. The van der Waals surface area contributed by atoms with Crippen molar-refractivity contribution < 1.29 is 13.2 Å². The molecule has 4 aromatic rings. The van der Waals surface area contributed by atoms with Crippen molar-refractivity contribution in [3.8, 4) is 0 Å². The van der Waals surface area contributed by atoms with Gasteiger partial charge in [-0.3, -0.25) is 9.69 Å². The summed E-state index contributed by atoms with van der Waals surface area (Å²) in [6, 6.07) is 34.2. The summed E-state index contributed by atoms with van der Waals surface area (Å²) >= 11 is 0. The highest BCUT2D eigenvalue weighted by molar-refractivity contribution is 7.89. The number of hydrogen-bond acceptors (Lipinski definition) is 3. The van der Waals surface area contributed by atoms with Crippen LogP contribution in [0.3, 0.4) is 0 Å².